The third-order valence-electron chi connectivity index (χ3n) is 1.79. The van der Waals surface area contributed by atoms with Gasteiger partial charge in [-0.2, -0.15) is 0 Å². The number of carbonyl (C=O) groups is 1. The van der Waals surface area contributed by atoms with E-state index in [1.165, 1.54) is 7.11 Å². The van der Waals surface area contributed by atoms with E-state index in [-0.39, 0.29) is 6.54 Å². The van der Waals surface area contributed by atoms with Crippen molar-refractivity contribution >= 4 is 40.8 Å². The first-order valence-electron chi connectivity index (χ1n) is 4.43. The number of halogens is 2. The number of carbonyl (C=O) groups excluding carboxylic acids is 1. The molecule has 0 radical (unpaired) electrons. The maximum atomic E-state index is 10.9. The number of esters is 1. The van der Waals surface area contributed by atoms with E-state index < -0.39 is 5.97 Å². The molecule has 0 spiro atoms. The van der Waals surface area contributed by atoms with Crippen molar-refractivity contribution in [3.05, 3.63) is 16.1 Å². The van der Waals surface area contributed by atoms with Crippen molar-refractivity contribution in [3.63, 3.8) is 0 Å². The number of anilines is 2. The lowest BCUT2D eigenvalue weighted by atomic mass is 10.4. The summed E-state index contributed by atoms with van der Waals surface area (Å²) in [6, 6.07) is 1.54. The van der Waals surface area contributed by atoms with Crippen molar-refractivity contribution in [1.29, 1.82) is 0 Å². The molecule has 0 atom stereocenters. The molecule has 1 aromatic rings. The number of pyridine rings is 1. The van der Waals surface area contributed by atoms with Gasteiger partial charge < -0.3 is 15.4 Å². The molecule has 7 heteroatoms. The highest BCUT2D eigenvalue weighted by molar-refractivity contribution is 6.37. The lowest BCUT2D eigenvalue weighted by Crippen LogP contribution is -2.16. The van der Waals surface area contributed by atoms with Crippen molar-refractivity contribution < 1.29 is 9.53 Å². The van der Waals surface area contributed by atoms with Gasteiger partial charge in [-0.25, -0.2) is 4.98 Å². The molecule has 16 heavy (non-hydrogen) atoms. The zero-order chi connectivity index (χ0) is 12.1. The van der Waals surface area contributed by atoms with E-state index in [0.29, 0.717) is 21.7 Å². The van der Waals surface area contributed by atoms with Gasteiger partial charge in [-0.15, -0.1) is 0 Å². The van der Waals surface area contributed by atoms with Gasteiger partial charge in [0.25, 0.3) is 0 Å². The number of hydrogen-bond donors (Lipinski definition) is 2. The first kappa shape index (κ1) is 12.9. The fourth-order valence-corrected chi connectivity index (χ4v) is 1.51. The molecule has 0 saturated heterocycles. The fourth-order valence-electron chi connectivity index (χ4n) is 0.994. The number of methoxy groups -OCH3 is 1. The van der Waals surface area contributed by atoms with Crippen LogP contribution < -0.4 is 10.6 Å². The number of nitrogens with zero attached hydrogens (tertiary/aromatic N) is 1. The molecule has 0 aromatic carbocycles. The number of rotatable bonds is 4. The average molecular weight is 264 g/mol. The molecule has 0 bridgehead atoms. The van der Waals surface area contributed by atoms with Crippen molar-refractivity contribution in [3.8, 4) is 0 Å². The van der Waals surface area contributed by atoms with Crippen LogP contribution in [0.3, 0.4) is 0 Å². The molecule has 88 valence electrons. The van der Waals surface area contributed by atoms with Crippen LogP contribution in [0.4, 0.5) is 11.6 Å². The second kappa shape index (κ2) is 5.77. The normalized spacial score (nSPS) is 9.75. The highest BCUT2D eigenvalue weighted by Gasteiger charge is 2.09. The van der Waals surface area contributed by atoms with Crippen molar-refractivity contribution in [1.82, 2.24) is 4.98 Å². The molecule has 0 amide bonds. The summed E-state index contributed by atoms with van der Waals surface area (Å²) in [5.74, 6) is 0.457. The van der Waals surface area contributed by atoms with Gasteiger partial charge in [0.1, 0.15) is 18.2 Å². The summed E-state index contributed by atoms with van der Waals surface area (Å²) in [5.41, 5.74) is 0. The molecular formula is C9H11Cl2N3O2. The van der Waals surface area contributed by atoms with Gasteiger partial charge in [-0.1, -0.05) is 23.2 Å². The maximum Gasteiger partial charge on any atom is 0.325 e. The van der Waals surface area contributed by atoms with E-state index in [9.17, 15) is 4.79 Å². The minimum atomic E-state index is -0.404. The number of hydrogen-bond acceptors (Lipinski definition) is 5. The van der Waals surface area contributed by atoms with Gasteiger partial charge in [0.05, 0.1) is 17.2 Å². The van der Waals surface area contributed by atoms with Crippen LogP contribution in [-0.2, 0) is 9.53 Å². The Kier molecular flexibility index (Phi) is 4.64. The summed E-state index contributed by atoms with van der Waals surface area (Å²) in [5, 5.41) is 6.31. The second-order valence-corrected chi connectivity index (χ2v) is 3.64. The molecular weight excluding hydrogens is 253 g/mol. The van der Waals surface area contributed by atoms with Crippen LogP contribution in [-0.4, -0.2) is 31.7 Å². The zero-order valence-corrected chi connectivity index (χ0v) is 10.3. The minimum Gasteiger partial charge on any atom is -0.468 e. The summed E-state index contributed by atoms with van der Waals surface area (Å²) >= 11 is 11.8. The van der Waals surface area contributed by atoms with Gasteiger partial charge in [-0.3, -0.25) is 4.79 Å². The summed E-state index contributed by atoms with van der Waals surface area (Å²) in [7, 11) is 2.99. The average Bonchev–Trinajstić information content (AvgIpc) is 2.27. The van der Waals surface area contributed by atoms with E-state index in [0.717, 1.165) is 0 Å². The van der Waals surface area contributed by atoms with Crippen molar-refractivity contribution in [2.24, 2.45) is 0 Å². The third kappa shape index (κ3) is 3.15. The lowest BCUT2D eigenvalue weighted by molar-refractivity contribution is -0.138. The Labute approximate surface area is 103 Å². The van der Waals surface area contributed by atoms with Gasteiger partial charge >= 0.3 is 5.97 Å². The molecule has 1 aromatic heterocycles. The Morgan fingerprint density at radius 3 is 2.62 bits per heavy atom. The Bertz CT molecular complexity index is 399. The SMILES string of the molecule is CNc1nc(NCC(=O)OC)c(Cl)cc1Cl. The van der Waals surface area contributed by atoms with Gasteiger partial charge in [0, 0.05) is 7.05 Å². The van der Waals surface area contributed by atoms with Crippen LogP contribution in [0.5, 0.6) is 0 Å². The number of nitrogens with one attached hydrogen (secondary N) is 2. The van der Waals surface area contributed by atoms with E-state index in [1.54, 1.807) is 13.1 Å². The summed E-state index contributed by atoms with van der Waals surface area (Å²) < 4.78 is 4.48. The molecule has 0 fully saturated rings. The summed E-state index contributed by atoms with van der Waals surface area (Å²) in [6.45, 7) is -0.00595. The molecule has 0 aliphatic heterocycles. The monoisotopic (exact) mass is 263 g/mol. The van der Waals surface area contributed by atoms with E-state index in [1.807, 2.05) is 0 Å². The first-order valence-corrected chi connectivity index (χ1v) is 5.18. The smallest absolute Gasteiger partial charge is 0.325 e. The molecule has 0 aliphatic carbocycles. The van der Waals surface area contributed by atoms with E-state index in [2.05, 4.69) is 20.4 Å². The highest BCUT2D eigenvalue weighted by atomic mass is 35.5. The van der Waals surface area contributed by atoms with Crippen LogP contribution in [0.2, 0.25) is 10.0 Å². The van der Waals surface area contributed by atoms with E-state index in [4.69, 9.17) is 23.2 Å². The lowest BCUT2D eigenvalue weighted by Gasteiger charge is -2.09. The predicted octanol–water partition coefficient (Wildman–Crippen LogP) is 2.01. The number of ether oxygens (including phenoxy) is 1. The molecule has 1 heterocycles. The van der Waals surface area contributed by atoms with Crippen molar-refractivity contribution in [2.45, 2.75) is 0 Å². The highest BCUT2D eigenvalue weighted by Crippen LogP contribution is 2.28. The predicted molar refractivity (Wildman–Crippen MR) is 64.3 cm³/mol. The molecule has 0 unspecified atom stereocenters. The zero-order valence-electron chi connectivity index (χ0n) is 8.80. The Hall–Kier alpha value is -1.20. The van der Waals surface area contributed by atoms with Gasteiger partial charge in [0.2, 0.25) is 0 Å². The quantitative estimate of drug-likeness (QED) is 0.814. The molecule has 2 N–H and O–H groups in total. The van der Waals surface area contributed by atoms with Crippen LogP contribution in [0.1, 0.15) is 0 Å². The minimum absolute atomic E-state index is 0.00595. The van der Waals surface area contributed by atoms with E-state index >= 15 is 0 Å². The van der Waals surface area contributed by atoms with Gasteiger partial charge in [0.15, 0.2) is 0 Å². The first-order chi connectivity index (χ1) is 7.58. The summed E-state index contributed by atoms with van der Waals surface area (Å²) in [6.07, 6.45) is 0. The Morgan fingerprint density at radius 2 is 2.06 bits per heavy atom. The van der Waals surface area contributed by atoms with Crippen LogP contribution in [0.15, 0.2) is 6.07 Å². The van der Waals surface area contributed by atoms with Crippen LogP contribution >= 0.6 is 23.2 Å². The largest absolute Gasteiger partial charge is 0.468 e. The van der Waals surface area contributed by atoms with Gasteiger partial charge in [-0.05, 0) is 6.07 Å². The Morgan fingerprint density at radius 1 is 1.44 bits per heavy atom. The van der Waals surface area contributed by atoms with Crippen molar-refractivity contribution in [2.75, 3.05) is 31.3 Å². The van der Waals surface area contributed by atoms with Crippen LogP contribution in [0.25, 0.3) is 0 Å². The standard InChI is InChI=1S/C9H11Cl2N3O2/c1-12-8-5(10)3-6(11)9(14-8)13-4-7(15)16-2/h3H,4H2,1-2H3,(H2,12,13,14). The maximum absolute atomic E-state index is 10.9. The van der Waals surface area contributed by atoms with Crippen LogP contribution in [0, 0.1) is 0 Å². The molecule has 5 nitrogen and oxygen atoms in total. The third-order valence-corrected chi connectivity index (χ3v) is 2.37. The topological polar surface area (TPSA) is 63.2 Å². The molecule has 0 aliphatic rings. The molecule has 1 rings (SSSR count). The fraction of sp³-hybridized carbons (Fsp3) is 0.333. The summed E-state index contributed by atoms with van der Waals surface area (Å²) in [4.78, 5) is 15.0. The second-order valence-electron chi connectivity index (χ2n) is 2.83. The Balaban J connectivity index is 2.83. The molecule has 0 saturated carbocycles. The number of aromatic nitrogens is 1.